The van der Waals surface area contributed by atoms with Crippen LogP contribution in [0.1, 0.15) is 438 Å². The summed E-state index contributed by atoms with van der Waals surface area (Å²) in [5.74, 6) is -0.0452. The molecule has 0 aromatic carbocycles. The molecule has 2 unspecified atom stereocenters. The van der Waals surface area contributed by atoms with E-state index in [0.717, 1.165) is 51.4 Å². The molecule has 0 aliphatic rings. The molecule has 3 N–H and O–H groups in total. The van der Waals surface area contributed by atoms with Crippen molar-refractivity contribution in [3.8, 4) is 0 Å². The van der Waals surface area contributed by atoms with Crippen molar-refractivity contribution in [1.82, 2.24) is 5.32 Å². The van der Waals surface area contributed by atoms with Gasteiger partial charge in [-0.2, -0.15) is 0 Å². The van der Waals surface area contributed by atoms with Crippen molar-refractivity contribution in [3.05, 3.63) is 36.5 Å². The molecule has 1 amide bonds. The Bertz CT molecular complexity index is 1390. The Kier molecular flexibility index (Phi) is 73.9. The van der Waals surface area contributed by atoms with E-state index in [4.69, 9.17) is 4.74 Å². The van der Waals surface area contributed by atoms with Gasteiger partial charge >= 0.3 is 5.97 Å². The second-order valence-electron chi connectivity index (χ2n) is 27.0. The molecule has 2 atom stereocenters. The van der Waals surface area contributed by atoms with Crippen LogP contribution in [-0.4, -0.2) is 47.4 Å². The summed E-state index contributed by atoms with van der Waals surface area (Å²) in [7, 11) is 0. The molecule has 0 bridgehead atoms. The van der Waals surface area contributed by atoms with Crippen LogP contribution in [-0.2, 0) is 14.3 Å². The summed E-state index contributed by atoms with van der Waals surface area (Å²) >= 11 is 0. The zero-order valence-corrected chi connectivity index (χ0v) is 58.3. The van der Waals surface area contributed by atoms with Crippen molar-refractivity contribution in [2.24, 2.45) is 0 Å². The van der Waals surface area contributed by atoms with Gasteiger partial charge in [-0.05, 0) is 64.2 Å². The molecule has 0 fully saturated rings. The highest BCUT2D eigenvalue weighted by atomic mass is 16.5. The first-order chi connectivity index (χ1) is 42.5. The monoisotopic (exact) mass is 1210 g/mol. The second kappa shape index (κ2) is 75.5. The lowest BCUT2D eigenvalue weighted by molar-refractivity contribution is -0.143. The van der Waals surface area contributed by atoms with E-state index < -0.39 is 12.1 Å². The fraction of sp³-hybridized carbons (Fsp3) is 0.900. The van der Waals surface area contributed by atoms with Gasteiger partial charge in [-0.1, -0.05) is 397 Å². The summed E-state index contributed by atoms with van der Waals surface area (Å²) in [6, 6.07) is -0.625. The van der Waals surface area contributed by atoms with E-state index in [0.29, 0.717) is 19.4 Å². The molecular weight excluding hydrogens is 1050 g/mol. The van der Waals surface area contributed by atoms with Crippen molar-refractivity contribution in [2.75, 3.05) is 13.2 Å². The fourth-order valence-corrected chi connectivity index (χ4v) is 12.4. The maximum absolute atomic E-state index is 12.5. The van der Waals surface area contributed by atoms with Gasteiger partial charge in [-0.25, -0.2) is 0 Å². The summed E-state index contributed by atoms with van der Waals surface area (Å²) in [4.78, 5) is 24.6. The normalized spacial score (nSPS) is 12.7. The van der Waals surface area contributed by atoms with Crippen LogP contribution in [0.15, 0.2) is 36.5 Å². The lowest BCUT2D eigenvalue weighted by Gasteiger charge is -2.20. The predicted octanol–water partition coefficient (Wildman–Crippen LogP) is 25.8. The number of esters is 1. The quantitative estimate of drug-likeness (QED) is 0.0320. The molecule has 0 heterocycles. The third kappa shape index (κ3) is 71.2. The number of nitrogens with one attached hydrogen (secondary N) is 1. The van der Waals surface area contributed by atoms with Crippen molar-refractivity contribution in [3.63, 3.8) is 0 Å². The first-order valence-corrected chi connectivity index (χ1v) is 39.3. The third-order valence-corrected chi connectivity index (χ3v) is 18.4. The first-order valence-electron chi connectivity index (χ1n) is 39.3. The Hall–Kier alpha value is -1.92. The van der Waals surface area contributed by atoms with Crippen LogP contribution in [0, 0.1) is 0 Å². The van der Waals surface area contributed by atoms with E-state index >= 15 is 0 Å². The number of allylic oxidation sites excluding steroid dienone is 5. The number of aliphatic hydroxyl groups is 2. The molecule has 508 valence electrons. The summed E-state index contributed by atoms with van der Waals surface area (Å²) in [6.45, 7) is 4.93. The molecule has 6 nitrogen and oxygen atoms in total. The SMILES string of the molecule is CCCCCC/C=C\C/C=C\CCCCCCCCCC(=O)OCCCCCCCCCCCCCCCCCCCCCCCCCCCCCCCCCCC(=O)NC(CO)C(O)/C=C/CCCCCCCCCCCCCCCCCCC. The van der Waals surface area contributed by atoms with Crippen LogP contribution in [0.4, 0.5) is 0 Å². The van der Waals surface area contributed by atoms with Crippen LogP contribution in [0.3, 0.4) is 0 Å². The van der Waals surface area contributed by atoms with Gasteiger partial charge in [-0.3, -0.25) is 9.59 Å². The molecule has 0 saturated carbocycles. The average Bonchev–Trinajstić information content (AvgIpc) is 3.54. The molecule has 0 saturated heterocycles. The maximum Gasteiger partial charge on any atom is 0.305 e. The topological polar surface area (TPSA) is 95.9 Å². The minimum atomic E-state index is -0.842. The van der Waals surface area contributed by atoms with Crippen LogP contribution >= 0.6 is 0 Å². The maximum atomic E-state index is 12.5. The molecule has 0 spiro atoms. The van der Waals surface area contributed by atoms with Crippen LogP contribution in [0.2, 0.25) is 0 Å². The molecule has 0 aliphatic heterocycles. The van der Waals surface area contributed by atoms with Gasteiger partial charge < -0.3 is 20.3 Å². The standard InChI is InChI=1S/C80H153NO5/c1-3-5-7-9-11-13-15-17-19-21-37-40-44-48-52-56-60-64-68-72-78(83)77(76-82)81-79(84)73-69-65-61-57-53-49-45-41-38-35-33-31-29-27-25-23-24-26-28-30-32-34-36-39-43-47-51-55-59-63-67-71-75-86-80(85)74-70-66-62-58-54-50-46-42-22-20-18-16-14-12-10-8-6-4-2/h14,16,20,22,68,72,77-78,82-83H,3-13,15,17-19,21,23-67,69-71,73-76H2,1-2H3,(H,81,84)/b16-14-,22-20-,72-68+. The van der Waals surface area contributed by atoms with Gasteiger partial charge in [0.15, 0.2) is 0 Å². The Balaban J connectivity index is 3.34. The highest BCUT2D eigenvalue weighted by molar-refractivity contribution is 5.76. The van der Waals surface area contributed by atoms with Crippen molar-refractivity contribution < 1.29 is 24.5 Å². The predicted molar refractivity (Wildman–Crippen MR) is 379 cm³/mol. The zero-order valence-electron chi connectivity index (χ0n) is 58.3. The summed E-state index contributed by atoms with van der Waals surface area (Å²) in [6.07, 6.45) is 98.3. The molecule has 0 aromatic heterocycles. The van der Waals surface area contributed by atoms with Gasteiger partial charge in [0.2, 0.25) is 5.91 Å². The van der Waals surface area contributed by atoms with E-state index in [9.17, 15) is 19.8 Å². The summed E-state index contributed by atoms with van der Waals surface area (Å²) in [5.41, 5.74) is 0. The Morgan fingerprint density at radius 1 is 0.326 bits per heavy atom. The molecule has 0 aliphatic carbocycles. The summed E-state index contributed by atoms with van der Waals surface area (Å²) < 4.78 is 5.51. The Morgan fingerprint density at radius 3 is 0.895 bits per heavy atom. The highest BCUT2D eigenvalue weighted by Gasteiger charge is 2.18. The van der Waals surface area contributed by atoms with Gasteiger partial charge in [0.05, 0.1) is 25.4 Å². The van der Waals surface area contributed by atoms with Crippen LogP contribution in [0.5, 0.6) is 0 Å². The van der Waals surface area contributed by atoms with Crippen molar-refractivity contribution in [1.29, 1.82) is 0 Å². The van der Waals surface area contributed by atoms with Crippen molar-refractivity contribution >= 4 is 11.9 Å². The number of carbonyl (C=O) groups is 2. The van der Waals surface area contributed by atoms with Gasteiger partial charge in [0, 0.05) is 12.8 Å². The molecule has 6 heteroatoms. The number of amides is 1. The minimum Gasteiger partial charge on any atom is -0.466 e. The number of carbonyl (C=O) groups excluding carboxylic acids is 2. The van der Waals surface area contributed by atoms with E-state index in [-0.39, 0.29) is 18.5 Å². The van der Waals surface area contributed by atoms with Gasteiger partial charge in [0.1, 0.15) is 0 Å². The zero-order chi connectivity index (χ0) is 62.0. The molecule has 0 aromatic rings. The minimum absolute atomic E-state index is 0.0143. The number of ether oxygens (including phenoxy) is 1. The first kappa shape index (κ1) is 84.1. The number of hydrogen-bond acceptors (Lipinski definition) is 5. The van der Waals surface area contributed by atoms with E-state index in [1.165, 1.54) is 360 Å². The number of aliphatic hydroxyl groups excluding tert-OH is 2. The fourth-order valence-electron chi connectivity index (χ4n) is 12.4. The summed E-state index contributed by atoms with van der Waals surface area (Å²) in [5, 5.41) is 23.3. The van der Waals surface area contributed by atoms with Crippen LogP contribution < -0.4 is 5.32 Å². The lowest BCUT2D eigenvalue weighted by Crippen LogP contribution is -2.45. The van der Waals surface area contributed by atoms with E-state index in [1.807, 2.05) is 6.08 Å². The largest absolute Gasteiger partial charge is 0.466 e. The Morgan fingerprint density at radius 2 is 0.581 bits per heavy atom. The van der Waals surface area contributed by atoms with Gasteiger partial charge in [0.25, 0.3) is 0 Å². The second-order valence-corrected chi connectivity index (χ2v) is 27.0. The highest BCUT2D eigenvalue weighted by Crippen LogP contribution is 2.20. The van der Waals surface area contributed by atoms with E-state index in [1.54, 1.807) is 6.08 Å². The Labute approximate surface area is 538 Å². The van der Waals surface area contributed by atoms with Crippen LogP contribution in [0.25, 0.3) is 0 Å². The number of hydrogen-bond donors (Lipinski definition) is 3. The number of unbranched alkanes of at least 4 members (excludes halogenated alkanes) is 59. The molecule has 0 rings (SSSR count). The lowest BCUT2D eigenvalue weighted by atomic mass is 10.0. The van der Waals surface area contributed by atoms with Crippen molar-refractivity contribution in [2.45, 2.75) is 450 Å². The van der Waals surface area contributed by atoms with Gasteiger partial charge in [-0.15, -0.1) is 0 Å². The average molecular weight is 1210 g/mol. The third-order valence-electron chi connectivity index (χ3n) is 18.4. The van der Waals surface area contributed by atoms with E-state index in [2.05, 4.69) is 43.5 Å². The molecule has 0 radical (unpaired) electrons. The smallest absolute Gasteiger partial charge is 0.305 e. The molecular formula is C80H153NO5. The molecule has 86 heavy (non-hydrogen) atoms. The number of rotatable bonds is 74.